The molecule has 0 saturated heterocycles. The van der Waals surface area contributed by atoms with Crippen molar-refractivity contribution in [2.24, 2.45) is 0 Å². The van der Waals surface area contributed by atoms with Crippen molar-refractivity contribution < 1.29 is 4.79 Å². The highest BCUT2D eigenvalue weighted by Gasteiger charge is 2.19. The van der Waals surface area contributed by atoms with Gasteiger partial charge in [0.1, 0.15) is 0 Å². The van der Waals surface area contributed by atoms with Gasteiger partial charge < -0.3 is 5.32 Å². The highest BCUT2D eigenvalue weighted by molar-refractivity contribution is 5.97. The number of Topliss-reactive ketones (excluding diaryl/α,β-unsaturated/α-hetero) is 1. The van der Waals surface area contributed by atoms with E-state index in [0.717, 1.165) is 35.1 Å². The number of H-pyrrole nitrogens is 1. The molecular weight excluding hydrogens is 266 g/mol. The SMILES string of the molecule is O=C1CCCc2nc(Nc3ccc4[nH]ncc4c3)ncc21. The number of rotatable bonds is 2. The number of aromatic amines is 1. The fourth-order valence-corrected chi connectivity index (χ4v) is 2.60. The van der Waals surface area contributed by atoms with Crippen molar-refractivity contribution >= 4 is 28.3 Å². The number of nitrogens with one attached hydrogen (secondary N) is 2. The first-order chi connectivity index (χ1) is 10.3. The second kappa shape index (κ2) is 4.66. The van der Waals surface area contributed by atoms with E-state index in [0.29, 0.717) is 17.9 Å². The number of fused-ring (bicyclic) bond motifs is 2. The standard InChI is InChI=1S/C15H13N5O/c21-14-3-1-2-13-11(14)8-16-15(19-13)18-10-4-5-12-9(6-10)7-17-20-12/h4-8H,1-3H2,(H,17,20)(H,16,18,19). The van der Waals surface area contributed by atoms with E-state index in [-0.39, 0.29) is 5.78 Å². The van der Waals surface area contributed by atoms with Gasteiger partial charge in [0.15, 0.2) is 5.78 Å². The Balaban J connectivity index is 1.66. The van der Waals surface area contributed by atoms with E-state index in [9.17, 15) is 4.79 Å². The maximum absolute atomic E-state index is 11.8. The quantitative estimate of drug-likeness (QED) is 0.753. The van der Waals surface area contributed by atoms with Crippen molar-refractivity contribution in [3.05, 3.63) is 41.9 Å². The van der Waals surface area contributed by atoms with Crippen LogP contribution in [0.25, 0.3) is 10.9 Å². The summed E-state index contributed by atoms with van der Waals surface area (Å²) >= 11 is 0. The van der Waals surface area contributed by atoms with Crippen molar-refractivity contribution in [3.63, 3.8) is 0 Å². The van der Waals surface area contributed by atoms with E-state index in [1.54, 1.807) is 12.4 Å². The van der Waals surface area contributed by atoms with Crippen LogP contribution in [0.3, 0.4) is 0 Å². The number of benzene rings is 1. The molecule has 6 heteroatoms. The normalized spacial score (nSPS) is 14.2. The molecule has 2 aromatic heterocycles. The predicted octanol–water partition coefficient (Wildman–Crippen LogP) is 2.62. The van der Waals surface area contributed by atoms with Crippen molar-refractivity contribution in [2.45, 2.75) is 19.3 Å². The van der Waals surface area contributed by atoms with Crippen LogP contribution in [-0.4, -0.2) is 25.9 Å². The molecule has 21 heavy (non-hydrogen) atoms. The number of carbonyl (C=O) groups is 1. The molecule has 0 saturated carbocycles. The molecule has 1 aliphatic carbocycles. The molecule has 1 aromatic carbocycles. The molecule has 0 unspecified atom stereocenters. The van der Waals surface area contributed by atoms with Crippen LogP contribution in [-0.2, 0) is 6.42 Å². The molecule has 0 aliphatic heterocycles. The minimum atomic E-state index is 0.141. The zero-order valence-electron chi connectivity index (χ0n) is 11.3. The average molecular weight is 279 g/mol. The molecule has 0 atom stereocenters. The number of hydrogen-bond acceptors (Lipinski definition) is 5. The Morgan fingerprint density at radius 2 is 2.14 bits per heavy atom. The molecule has 2 N–H and O–H groups in total. The van der Waals surface area contributed by atoms with Crippen molar-refractivity contribution in [2.75, 3.05) is 5.32 Å². The van der Waals surface area contributed by atoms with Crippen molar-refractivity contribution in [1.29, 1.82) is 0 Å². The maximum Gasteiger partial charge on any atom is 0.227 e. The summed E-state index contributed by atoms with van der Waals surface area (Å²) in [4.78, 5) is 20.5. The number of nitrogens with zero attached hydrogens (tertiary/aromatic N) is 3. The lowest BCUT2D eigenvalue weighted by atomic mass is 9.96. The number of hydrogen-bond donors (Lipinski definition) is 2. The molecule has 0 spiro atoms. The van der Waals surface area contributed by atoms with Gasteiger partial charge in [-0.3, -0.25) is 9.89 Å². The lowest BCUT2D eigenvalue weighted by molar-refractivity contribution is 0.0971. The van der Waals surface area contributed by atoms with Crippen LogP contribution < -0.4 is 5.32 Å². The molecule has 104 valence electrons. The third-order valence-corrected chi connectivity index (χ3v) is 3.68. The van der Waals surface area contributed by atoms with E-state index >= 15 is 0 Å². The van der Waals surface area contributed by atoms with Gasteiger partial charge in [0.05, 0.1) is 23.0 Å². The van der Waals surface area contributed by atoms with E-state index in [1.165, 1.54) is 0 Å². The molecule has 0 bridgehead atoms. The summed E-state index contributed by atoms with van der Waals surface area (Å²) < 4.78 is 0. The van der Waals surface area contributed by atoms with Gasteiger partial charge in [-0.25, -0.2) is 9.97 Å². The molecule has 1 aliphatic rings. The Morgan fingerprint density at radius 1 is 1.19 bits per heavy atom. The zero-order valence-corrected chi connectivity index (χ0v) is 11.3. The highest BCUT2D eigenvalue weighted by Crippen LogP contribution is 2.22. The van der Waals surface area contributed by atoms with Gasteiger partial charge in [0.25, 0.3) is 0 Å². The van der Waals surface area contributed by atoms with E-state index in [4.69, 9.17) is 0 Å². The summed E-state index contributed by atoms with van der Waals surface area (Å²) in [7, 11) is 0. The third kappa shape index (κ3) is 2.14. The van der Waals surface area contributed by atoms with Crippen LogP contribution in [0.2, 0.25) is 0 Å². The largest absolute Gasteiger partial charge is 0.324 e. The fourth-order valence-electron chi connectivity index (χ4n) is 2.60. The first kappa shape index (κ1) is 12.0. The van der Waals surface area contributed by atoms with Crippen LogP contribution in [0.15, 0.2) is 30.6 Å². The van der Waals surface area contributed by atoms with Gasteiger partial charge in [-0.05, 0) is 31.0 Å². The lowest BCUT2D eigenvalue weighted by Gasteiger charge is -2.14. The molecule has 2 heterocycles. The summed E-state index contributed by atoms with van der Waals surface area (Å²) in [5.41, 5.74) is 3.38. The number of anilines is 2. The van der Waals surface area contributed by atoms with Gasteiger partial charge >= 0.3 is 0 Å². The Hall–Kier alpha value is -2.76. The van der Waals surface area contributed by atoms with E-state index in [2.05, 4.69) is 25.5 Å². The Kier molecular flexibility index (Phi) is 2.67. The van der Waals surface area contributed by atoms with Gasteiger partial charge in [-0.2, -0.15) is 5.10 Å². The topological polar surface area (TPSA) is 83.6 Å². The van der Waals surface area contributed by atoms with Crippen LogP contribution in [0.5, 0.6) is 0 Å². The molecule has 4 rings (SSSR count). The van der Waals surface area contributed by atoms with Gasteiger partial charge in [0, 0.05) is 23.7 Å². The Bertz CT molecular complexity index is 839. The van der Waals surface area contributed by atoms with Crippen LogP contribution in [0.1, 0.15) is 28.9 Å². The monoisotopic (exact) mass is 279 g/mol. The number of carbonyl (C=O) groups excluding carboxylic acids is 1. The summed E-state index contributed by atoms with van der Waals surface area (Å²) in [6.45, 7) is 0. The lowest BCUT2D eigenvalue weighted by Crippen LogP contribution is -2.14. The molecule has 0 radical (unpaired) electrons. The summed E-state index contributed by atoms with van der Waals surface area (Å²) in [6, 6.07) is 5.87. The maximum atomic E-state index is 11.8. The molecule has 0 amide bonds. The molecule has 3 aromatic rings. The third-order valence-electron chi connectivity index (χ3n) is 3.68. The van der Waals surface area contributed by atoms with Gasteiger partial charge in [-0.15, -0.1) is 0 Å². The summed E-state index contributed by atoms with van der Waals surface area (Å²) in [5, 5.41) is 11.1. The first-order valence-corrected chi connectivity index (χ1v) is 6.89. The molecular formula is C15H13N5O. The minimum Gasteiger partial charge on any atom is -0.324 e. The van der Waals surface area contributed by atoms with Crippen LogP contribution >= 0.6 is 0 Å². The average Bonchev–Trinajstić information content (AvgIpc) is 2.95. The number of aryl methyl sites for hydroxylation is 1. The van der Waals surface area contributed by atoms with Gasteiger partial charge in [0.2, 0.25) is 5.95 Å². The predicted molar refractivity (Wildman–Crippen MR) is 78.7 cm³/mol. The Morgan fingerprint density at radius 3 is 3.10 bits per heavy atom. The van der Waals surface area contributed by atoms with E-state index < -0.39 is 0 Å². The van der Waals surface area contributed by atoms with Crippen LogP contribution in [0, 0.1) is 0 Å². The number of aromatic nitrogens is 4. The van der Waals surface area contributed by atoms with Crippen molar-refractivity contribution in [1.82, 2.24) is 20.2 Å². The second-order valence-corrected chi connectivity index (χ2v) is 5.13. The minimum absolute atomic E-state index is 0.141. The zero-order chi connectivity index (χ0) is 14.2. The molecule has 6 nitrogen and oxygen atoms in total. The highest BCUT2D eigenvalue weighted by atomic mass is 16.1. The fraction of sp³-hybridized carbons (Fsp3) is 0.200. The molecule has 0 fully saturated rings. The van der Waals surface area contributed by atoms with Gasteiger partial charge in [-0.1, -0.05) is 0 Å². The van der Waals surface area contributed by atoms with E-state index in [1.807, 2.05) is 18.2 Å². The Labute approximate surface area is 120 Å². The smallest absolute Gasteiger partial charge is 0.227 e. The number of ketones is 1. The van der Waals surface area contributed by atoms with Crippen molar-refractivity contribution in [3.8, 4) is 0 Å². The van der Waals surface area contributed by atoms with Crippen LogP contribution in [0.4, 0.5) is 11.6 Å². The second-order valence-electron chi connectivity index (χ2n) is 5.13. The summed E-state index contributed by atoms with van der Waals surface area (Å²) in [6.07, 6.45) is 5.69. The summed E-state index contributed by atoms with van der Waals surface area (Å²) in [5.74, 6) is 0.661. The first-order valence-electron chi connectivity index (χ1n) is 6.89.